The summed E-state index contributed by atoms with van der Waals surface area (Å²) in [5.41, 5.74) is 1.78. The second kappa shape index (κ2) is 2.28. The maximum atomic E-state index is 10.8. The number of rotatable bonds is 0. The highest BCUT2D eigenvalue weighted by Crippen LogP contribution is 1.76. The van der Waals surface area contributed by atoms with E-state index in [-0.39, 0.29) is 0 Å². The van der Waals surface area contributed by atoms with Gasteiger partial charge in [0.2, 0.25) is 0 Å². The first kappa shape index (κ1) is 8.17. The molecule has 11 nitrogen and oxygen atoms in total. The van der Waals surface area contributed by atoms with E-state index in [2.05, 4.69) is 9.88 Å². The molecular weight excluding hydrogens is 178 g/mol. The van der Waals surface area contributed by atoms with Crippen molar-refractivity contribution in [2.24, 2.45) is 0 Å². The standard InChI is InChI=1S/CH5N5O6/c7-3-1(4(8)11-3)2-6(10)12-5(1)9/h2-6H. The van der Waals surface area contributed by atoms with Crippen LogP contribution in [-0.4, -0.2) is 5.91 Å². The van der Waals surface area contributed by atoms with Crippen LogP contribution in [0.25, 0.3) is 0 Å². The Balaban J connectivity index is 2.19. The number of hydroxylamine groups is 6. The molecule has 12 heavy (non-hydrogen) atoms. The van der Waals surface area contributed by atoms with Gasteiger partial charge in [-0.25, -0.2) is 0 Å². The molecule has 0 aromatic heterocycles. The Morgan fingerprint density at radius 3 is 1.67 bits per heavy atom. The fraction of sp³-hybridized carbons (Fsp3) is 1.00. The van der Waals surface area contributed by atoms with Gasteiger partial charge in [0.1, 0.15) is 0 Å². The molecule has 2 rings (SSSR count). The predicted molar refractivity (Wildman–Crippen MR) is 25.4 cm³/mol. The van der Waals surface area contributed by atoms with Gasteiger partial charge < -0.3 is 20.8 Å². The molecule has 2 aliphatic heterocycles. The van der Waals surface area contributed by atoms with Crippen molar-refractivity contribution in [3.05, 3.63) is 20.8 Å². The lowest BCUT2D eigenvalue weighted by atomic mass is 10.6. The van der Waals surface area contributed by atoms with E-state index in [1.807, 2.05) is 0 Å². The fourth-order valence-corrected chi connectivity index (χ4v) is 0.933. The van der Waals surface area contributed by atoms with Crippen LogP contribution in [0.2, 0.25) is 0 Å². The maximum absolute atomic E-state index is 10.8. The van der Waals surface area contributed by atoms with Crippen LogP contribution >= 0.6 is 0 Å². The van der Waals surface area contributed by atoms with Crippen molar-refractivity contribution in [3.8, 4) is 0 Å². The van der Waals surface area contributed by atoms with E-state index in [4.69, 9.17) is 0 Å². The van der Waals surface area contributed by atoms with Crippen molar-refractivity contribution < 1.29 is 30.9 Å². The lowest BCUT2D eigenvalue weighted by molar-refractivity contribution is -1.60. The number of nitrogens with one attached hydrogen (secondary N) is 5. The molecule has 5 N–H and O–H groups in total. The van der Waals surface area contributed by atoms with Gasteiger partial charge in [0.05, 0.1) is 0 Å². The van der Waals surface area contributed by atoms with Crippen molar-refractivity contribution in [1.82, 2.24) is 5.43 Å². The average Bonchev–Trinajstić information content (AvgIpc) is 2.29. The van der Waals surface area contributed by atoms with Gasteiger partial charge in [-0.05, 0) is 15.7 Å². The summed E-state index contributed by atoms with van der Waals surface area (Å²) in [6, 6.07) is 0. The van der Waals surface area contributed by atoms with Crippen LogP contribution in [0, 0.1) is 20.8 Å². The second-order valence-corrected chi connectivity index (χ2v) is 2.23. The van der Waals surface area contributed by atoms with E-state index in [0.29, 0.717) is 0 Å². The van der Waals surface area contributed by atoms with Crippen molar-refractivity contribution in [2.45, 2.75) is 5.91 Å². The SMILES string of the molecule is [O-][NH+]1NC2([NH+]([O-])O1)[NH+]([O-])O[NH+]2[O-]. The molecule has 0 bridgehead atoms. The highest BCUT2D eigenvalue weighted by atomic mass is 17.2. The molecule has 4 unspecified atom stereocenters. The first-order valence-electron chi connectivity index (χ1n) is 2.88. The minimum atomic E-state index is -2.20. The molecule has 0 aromatic rings. The summed E-state index contributed by atoms with van der Waals surface area (Å²) in [5, 5.41) is 38.0. The Bertz CT molecular complexity index is 190. The van der Waals surface area contributed by atoms with Crippen molar-refractivity contribution in [3.63, 3.8) is 0 Å². The lowest BCUT2D eigenvalue weighted by Crippen LogP contribution is -3.66. The molecule has 2 heterocycles. The molecule has 0 aromatic carbocycles. The third-order valence-corrected chi connectivity index (χ3v) is 1.58. The fourth-order valence-electron chi connectivity index (χ4n) is 0.933. The van der Waals surface area contributed by atoms with Crippen LogP contribution < -0.4 is 26.4 Å². The molecule has 1 spiro atoms. The van der Waals surface area contributed by atoms with Gasteiger partial charge in [0, 0.05) is 15.3 Å². The number of hydrogen-bond acceptors (Lipinski definition) is 7. The highest BCUT2D eigenvalue weighted by molar-refractivity contribution is 4.37. The first-order chi connectivity index (χ1) is 5.57. The summed E-state index contributed by atoms with van der Waals surface area (Å²) in [5.74, 6) is -2.20. The molecule has 2 saturated heterocycles. The number of hydrogen-bond donors (Lipinski definition) is 5. The predicted octanol–water partition coefficient (Wildman–Crippen LogP) is -7.65. The van der Waals surface area contributed by atoms with E-state index >= 15 is 0 Å². The maximum Gasteiger partial charge on any atom is 0.564 e. The van der Waals surface area contributed by atoms with Crippen LogP contribution in [0.3, 0.4) is 0 Å². The van der Waals surface area contributed by atoms with Crippen molar-refractivity contribution in [2.75, 3.05) is 0 Å². The Morgan fingerprint density at radius 1 is 0.917 bits per heavy atom. The van der Waals surface area contributed by atoms with Crippen LogP contribution in [-0.2, 0) is 9.88 Å². The smallest absolute Gasteiger partial charge is 0.564 e. The lowest BCUT2D eigenvalue weighted by Gasteiger charge is -2.44. The Morgan fingerprint density at radius 2 is 1.42 bits per heavy atom. The van der Waals surface area contributed by atoms with Gasteiger partial charge in [-0.3, -0.25) is 0 Å². The average molecular weight is 183 g/mol. The topological polar surface area (TPSA) is 140 Å². The Labute approximate surface area is 64.3 Å². The largest absolute Gasteiger partial charge is 0.584 e. The molecule has 0 amide bonds. The minimum Gasteiger partial charge on any atom is -0.584 e. The minimum absolute atomic E-state index is 1.11. The van der Waals surface area contributed by atoms with Gasteiger partial charge in [0.25, 0.3) is 0 Å². The molecule has 0 radical (unpaired) electrons. The summed E-state index contributed by atoms with van der Waals surface area (Å²) < 4.78 is 0. The Hall–Kier alpha value is -0.440. The van der Waals surface area contributed by atoms with Crippen LogP contribution in [0.15, 0.2) is 0 Å². The van der Waals surface area contributed by atoms with E-state index in [1.165, 1.54) is 0 Å². The Kier molecular flexibility index (Phi) is 1.55. The zero-order chi connectivity index (χ0) is 8.93. The zero-order valence-electron chi connectivity index (χ0n) is 5.45. The molecular formula is CH5N5O6. The van der Waals surface area contributed by atoms with Crippen molar-refractivity contribution >= 4 is 0 Å². The second-order valence-electron chi connectivity index (χ2n) is 2.23. The summed E-state index contributed by atoms with van der Waals surface area (Å²) in [6.07, 6.45) is 0. The van der Waals surface area contributed by atoms with E-state index in [9.17, 15) is 20.8 Å². The molecule has 11 heteroatoms. The van der Waals surface area contributed by atoms with Gasteiger partial charge in [-0.15, -0.1) is 0 Å². The number of quaternary nitrogens is 4. The van der Waals surface area contributed by atoms with Crippen LogP contribution in [0.4, 0.5) is 0 Å². The van der Waals surface area contributed by atoms with Gasteiger partial charge in [-0.2, -0.15) is 0 Å². The first-order valence-corrected chi connectivity index (χ1v) is 2.88. The third kappa shape index (κ3) is 0.750. The summed E-state index contributed by atoms with van der Waals surface area (Å²) in [6.45, 7) is 0. The van der Waals surface area contributed by atoms with Gasteiger partial charge in [-0.1, -0.05) is 5.34 Å². The molecule has 4 atom stereocenters. The summed E-state index contributed by atoms with van der Waals surface area (Å²) in [4.78, 5) is 7.85. The molecule has 70 valence electrons. The molecule has 2 aliphatic rings. The van der Waals surface area contributed by atoms with Crippen LogP contribution in [0.5, 0.6) is 0 Å². The van der Waals surface area contributed by atoms with E-state index in [0.717, 1.165) is 0 Å². The van der Waals surface area contributed by atoms with Gasteiger partial charge in [0.15, 0.2) is 0 Å². The van der Waals surface area contributed by atoms with Crippen LogP contribution in [0.1, 0.15) is 0 Å². The zero-order valence-corrected chi connectivity index (χ0v) is 5.45. The quantitative estimate of drug-likeness (QED) is 0.235. The van der Waals surface area contributed by atoms with Crippen molar-refractivity contribution in [1.29, 1.82) is 0 Å². The summed E-state index contributed by atoms with van der Waals surface area (Å²) >= 11 is 0. The van der Waals surface area contributed by atoms with E-state index < -0.39 is 26.9 Å². The van der Waals surface area contributed by atoms with E-state index in [1.54, 1.807) is 5.43 Å². The molecule has 2 fully saturated rings. The van der Waals surface area contributed by atoms with Gasteiger partial charge >= 0.3 is 5.91 Å². The molecule has 0 saturated carbocycles. The molecule has 0 aliphatic carbocycles. The summed E-state index contributed by atoms with van der Waals surface area (Å²) in [7, 11) is 0. The third-order valence-electron chi connectivity index (χ3n) is 1.58. The monoisotopic (exact) mass is 183 g/mol. The highest BCUT2D eigenvalue weighted by Gasteiger charge is 2.74. The normalized spacial score (nSPS) is 59.0.